The highest BCUT2D eigenvalue weighted by Gasteiger charge is 2.28. The van der Waals surface area contributed by atoms with Crippen molar-refractivity contribution < 1.29 is 23.5 Å². The van der Waals surface area contributed by atoms with E-state index in [9.17, 15) is 14.0 Å². The molecule has 0 atom stereocenters. The van der Waals surface area contributed by atoms with Crippen LogP contribution in [0.3, 0.4) is 0 Å². The number of anilines is 1. The number of amides is 2. The molecule has 37 heavy (non-hydrogen) atoms. The summed E-state index contributed by atoms with van der Waals surface area (Å²) in [6, 6.07) is 8.20. The number of carbonyl (C=O) groups excluding carboxylic acids is 2. The van der Waals surface area contributed by atoms with Crippen LogP contribution >= 0.6 is 0 Å². The van der Waals surface area contributed by atoms with Gasteiger partial charge in [-0.15, -0.1) is 0 Å². The van der Waals surface area contributed by atoms with Crippen molar-refractivity contribution in [1.82, 2.24) is 14.9 Å². The topological polar surface area (TPSA) is 96.5 Å². The fourth-order valence-electron chi connectivity index (χ4n) is 4.43. The highest BCUT2D eigenvalue weighted by molar-refractivity contribution is 5.95. The molecule has 2 amide bonds. The third kappa shape index (κ3) is 6.58. The lowest BCUT2D eigenvalue weighted by atomic mass is 9.93. The van der Waals surface area contributed by atoms with E-state index in [0.29, 0.717) is 35.6 Å². The number of fused-ring (bicyclic) bond motifs is 1. The first-order chi connectivity index (χ1) is 17.3. The van der Waals surface area contributed by atoms with E-state index in [1.54, 1.807) is 44.0 Å². The fraction of sp³-hybridized carbons (Fsp3) is 0.464. The Labute approximate surface area is 216 Å². The Morgan fingerprint density at radius 3 is 2.32 bits per heavy atom. The Hall–Kier alpha value is -3.62. The van der Waals surface area contributed by atoms with Gasteiger partial charge in [0, 0.05) is 47.5 Å². The molecule has 0 unspecified atom stereocenters. The molecule has 3 aromatic rings. The molecule has 1 aliphatic heterocycles. The molecule has 1 aliphatic rings. The van der Waals surface area contributed by atoms with Crippen molar-refractivity contribution in [1.29, 1.82) is 0 Å². The summed E-state index contributed by atoms with van der Waals surface area (Å²) in [6.07, 6.45) is 2.31. The first kappa shape index (κ1) is 26.4. The normalized spacial score (nSPS) is 15.1. The third-order valence-electron chi connectivity index (χ3n) is 6.04. The zero-order valence-electron chi connectivity index (χ0n) is 22.3. The van der Waals surface area contributed by atoms with Crippen molar-refractivity contribution in [2.24, 2.45) is 0 Å². The van der Waals surface area contributed by atoms with Crippen molar-refractivity contribution in [2.45, 2.75) is 71.5 Å². The number of halogens is 1. The zero-order chi connectivity index (χ0) is 27.0. The van der Waals surface area contributed by atoms with Crippen LogP contribution in [0.4, 0.5) is 19.7 Å². The van der Waals surface area contributed by atoms with E-state index >= 15 is 0 Å². The number of aromatic nitrogens is 2. The van der Waals surface area contributed by atoms with Gasteiger partial charge in [-0.05, 0) is 90.3 Å². The van der Waals surface area contributed by atoms with E-state index in [1.807, 2.05) is 26.8 Å². The number of rotatable bonds is 3. The van der Waals surface area contributed by atoms with Crippen LogP contribution in [0.1, 0.15) is 66.0 Å². The van der Waals surface area contributed by atoms with Gasteiger partial charge in [-0.1, -0.05) is 0 Å². The molecule has 8 nitrogen and oxygen atoms in total. The van der Waals surface area contributed by atoms with Gasteiger partial charge >= 0.3 is 12.2 Å². The van der Waals surface area contributed by atoms with Crippen molar-refractivity contribution in [3.05, 3.63) is 48.0 Å². The van der Waals surface area contributed by atoms with Crippen LogP contribution in [0.15, 0.2) is 36.5 Å². The van der Waals surface area contributed by atoms with Gasteiger partial charge in [-0.2, -0.15) is 0 Å². The number of aromatic amines is 1. The molecule has 0 radical (unpaired) electrons. The molecule has 2 aromatic heterocycles. The second-order valence-electron chi connectivity index (χ2n) is 11.4. The highest BCUT2D eigenvalue weighted by atomic mass is 19.1. The number of hydrogen-bond donors (Lipinski definition) is 2. The summed E-state index contributed by atoms with van der Waals surface area (Å²) < 4.78 is 25.8. The Kier molecular flexibility index (Phi) is 7.17. The number of nitrogens with zero attached hydrogens (tertiary/aromatic N) is 2. The molecule has 198 valence electrons. The predicted octanol–water partition coefficient (Wildman–Crippen LogP) is 6.83. The van der Waals surface area contributed by atoms with Crippen LogP contribution in [-0.4, -0.2) is 51.3 Å². The monoisotopic (exact) mass is 510 g/mol. The van der Waals surface area contributed by atoms with Gasteiger partial charge in [0.15, 0.2) is 0 Å². The Morgan fingerprint density at radius 2 is 1.68 bits per heavy atom. The lowest BCUT2D eigenvalue weighted by Gasteiger charge is -2.33. The van der Waals surface area contributed by atoms with Crippen LogP contribution in [0.5, 0.6) is 0 Å². The summed E-state index contributed by atoms with van der Waals surface area (Å²) in [5.41, 5.74) is 1.95. The Balaban J connectivity index is 1.54. The number of benzene rings is 1. The molecule has 4 rings (SSSR count). The highest BCUT2D eigenvalue weighted by Crippen LogP contribution is 2.35. The second-order valence-corrected chi connectivity index (χ2v) is 11.4. The van der Waals surface area contributed by atoms with Crippen LogP contribution < -0.4 is 5.32 Å². The van der Waals surface area contributed by atoms with Gasteiger partial charge < -0.3 is 19.4 Å². The van der Waals surface area contributed by atoms with Crippen LogP contribution in [0, 0.1) is 5.82 Å². The predicted molar refractivity (Wildman–Crippen MR) is 141 cm³/mol. The van der Waals surface area contributed by atoms with Gasteiger partial charge in [0.1, 0.15) is 22.7 Å². The molecule has 0 bridgehead atoms. The molecular weight excluding hydrogens is 475 g/mol. The average Bonchev–Trinajstić information content (AvgIpc) is 3.23. The maximum atomic E-state index is 15.0. The van der Waals surface area contributed by atoms with Crippen LogP contribution in [-0.2, 0) is 9.47 Å². The molecule has 2 N–H and O–H groups in total. The Morgan fingerprint density at radius 1 is 1.00 bits per heavy atom. The second kappa shape index (κ2) is 10.0. The minimum atomic E-state index is -0.644. The maximum absolute atomic E-state index is 15.0. The standard InChI is InChI=1S/C28H35FN4O4/c1-27(2,3)36-25(34)31-18-7-8-22(29)20(15-18)19-9-12-30-24-21(19)16-23(32-24)17-10-13-33(14-11-17)26(35)37-28(4,5)6/h7-9,12,15-17H,10-11,13-14H2,1-6H3,(H,30,32)(H,31,34). The maximum Gasteiger partial charge on any atom is 0.412 e. The molecule has 3 heterocycles. The smallest absolute Gasteiger partial charge is 0.412 e. The van der Waals surface area contributed by atoms with E-state index in [4.69, 9.17) is 9.47 Å². The van der Waals surface area contributed by atoms with Gasteiger partial charge in [0.25, 0.3) is 0 Å². The number of likely N-dealkylation sites (tertiary alicyclic amines) is 1. The number of hydrogen-bond acceptors (Lipinski definition) is 5. The zero-order valence-corrected chi connectivity index (χ0v) is 22.3. The van der Waals surface area contributed by atoms with E-state index in [-0.39, 0.29) is 12.0 Å². The number of carbonyl (C=O) groups is 2. The minimum absolute atomic E-state index is 0.214. The van der Waals surface area contributed by atoms with E-state index in [2.05, 4.69) is 15.3 Å². The van der Waals surface area contributed by atoms with Crippen molar-refractivity contribution >= 4 is 28.9 Å². The Bertz CT molecular complexity index is 1300. The van der Waals surface area contributed by atoms with Gasteiger partial charge in [-0.3, -0.25) is 5.32 Å². The van der Waals surface area contributed by atoms with E-state index in [1.165, 1.54) is 12.1 Å². The van der Waals surface area contributed by atoms with Crippen molar-refractivity contribution in [3.8, 4) is 11.1 Å². The summed E-state index contributed by atoms with van der Waals surface area (Å²) in [7, 11) is 0. The van der Waals surface area contributed by atoms with Crippen molar-refractivity contribution in [2.75, 3.05) is 18.4 Å². The first-order valence-corrected chi connectivity index (χ1v) is 12.5. The lowest BCUT2D eigenvalue weighted by molar-refractivity contribution is 0.0204. The van der Waals surface area contributed by atoms with Crippen LogP contribution in [0.2, 0.25) is 0 Å². The molecule has 0 aliphatic carbocycles. The van der Waals surface area contributed by atoms with Crippen molar-refractivity contribution in [3.63, 3.8) is 0 Å². The fourth-order valence-corrected chi connectivity index (χ4v) is 4.43. The molecular formula is C28H35FN4O4. The lowest BCUT2D eigenvalue weighted by Crippen LogP contribution is -2.41. The quantitative estimate of drug-likeness (QED) is 0.403. The molecule has 1 fully saturated rings. The van der Waals surface area contributed by atoms with E-state index < -0.39 is 23.1 Å². The van der Waals surface area contributed by atoms with Gasteiger partial charge in [0.05, 0.1) is 0 Å². The molecule has 0 spiro atoms. The third-order valence-corrected chi connectivity index (χ3v) is 6.04. The number of piperidine rings is 1. The number of pyridine rings is 1. The average molecular weight is 511 g/mol. The summed E-state index contributed by atoms with van der Waals surface area (Å²) in [5.74, 6) is -0.193. The molecule has 0 saturated carbocycles. The summed E-state index contributed by atoms with van der Waals surface area (Å²) in [5, 5.41) is 3.47. The molecule has 1 aromatic carbocycles. The summed E-state index contributed by atoms with van der Waals surface area (Å²) in [4.78, 5) is 34.2. The first-order valence-electron chi connectivity index (χ1n) is 12.5. The number of H-pyrrole nitrogens is 1. The van der Waals surface area contributed by atoms with E-state index in [0.717, 1.165) is 23.9 Å². The van der Waals surface area contributed by atoms with Gasteiger partial charge in [0.2, 0.25) is 0 Å². The number of nitrogens with one attached hydrogen (secondary N) is 2. The molecule has 1 saturated heterocycles. The molecule has 9 heteroatoms. The largest absolute Gasteiger partial charge is 0.444 e. The number of ether oxygens (including phenoxy) is 2. The SMILES string of the molecule is CC(C)(C)OC(=O)Nc1ccc(F)c(-c2ccnc3[nH]c(C4CCN(C(=O)OC(C)(C)C)CC4)cc23)c1. The minimum Gasteiger partial charge on any atom is -0.444 e. The summed E-state index contributed by atoms with van der Waals surface area (Å²) >= 11 is 0. The van der Waals surface area contributed by atoms with Crippen LogP contribution in [0.25, 0.3) is 22.2 Å². The summed E-state index contributed by atoms with van der Waals surface area (Å²) in [6.45, 7) is 12.1. The van der Waals surface area contributed by atoms with Gasteiger partial charge in [-0.25, -0.2) is 19.0 Å².